The van der Waals surface area contributed by atoms with E-state index in [0.717, 1.165) is 105 Å². The summed E-state index contributed by atoms with van der Waals surface area (Å²) in [4.78, 5) is 0. The quantitative estimate of drug-likeness (QED) is 0.0829. The number of ether oxygens (including phenoxy) is 4. The Morgan fingerprint density at radius 2 is 0.750 bits per heavy atom. The highest BCUT2D eigenvalue weighted by Crippen LogP contribution is 2.40. The van der Waals surface area contributed by atoms with Gasteiger partial charge in [-0.05, 0) is 70.2 Å². The fourth-order valence-electron chi connectivity index (χ4n) is 7.58. The van der Waals surface area contributed by atoms with Crippen LogP contribution >= 0.6 is 0 Å². The largest absolute Gasteiger partial charge is 0.493 e. The number of nitrogens with zero attached hydrogens (tertiary/aromatic N) is 4. The van der Waals surface area contributed by atoms with Crippen molar-refractivity contribution in [1.29, 1.82) is 0 Å². The van der Waals surface area contributed by atoms with E-state index in [2.05, 4.69) is 123 Å². The molecular weight excluding hydrogens is 697 g/mol. The molecule has 1 aliphatic carbocycles. The van der Waals surface area contributed by atoms with Crippen LogP contribution in [-0.2, 0) is 39.8 Å². The Kier molecular flexibility index (Phi) is 12.4. The van der Waals surface area contributed by atoms with Gasteiger partial charge in [-0.25, -0.2) is 0 Å². The van der Waals surface area contributed by atoms with E-state index >= 15 is 0 Å². The van der Waals surface area contributed by atoms with Crippen molar-refractivity contribution in [1.82, 2.24) is 9.13 Å². The summed E-state index contributed by atoms with van der Waals surface area (Å²) < 4.78 is 35.0. The van der Waals surface area contributed by atoms with Crippen molar-refractivity contribution in [2.45, 2.75) is 79.1 Å². The number of fused-ring (bicyclic) bond motifs is 8. The molecule has 8 heteroatoms. The molecular formula is C48H56N4O4. The SMILES string of the molecule is CCCOc1c2cccc1Cc1cc(-n3[c-][n+](C)cc3)cc(c1OCCC)Cc1cccc(c1OCCC)Cc1cc(-n3[c-][n+](C)cc3)cc(c1OCCC)C2. The van der Waals surface area contributed by atoms with Crippen molar-refractivity contribution in [3.63, 3.8) is 0 Å². The van der Waals surface area contributed by atoms with Crippen molar-refractivity contribution in [2.75, 3.05) is 26.4 Å². The Morgan fingerprint density at radius 1 is 0.464 bits per heavy atom. The lowest BCUT2D eigenvalue weighted by molar-refractivity contribution is -0.675. The molecule has 1 aliphatic rings. The Balaban J connectivity index is 1.52. The van der Waals surface area contributed by atoms with Crippen LogP contribution in [0.2, 0.25) is 0 Å². The molecule has 0 amide bonds. The fourth-order valence-corrected chi connectivity index (χ4v) is 7.58. The molecule has 8 nitrogen and oxygen atoms in total. The number of aryl methyl sites for hydroxylation is 2. The summed E-state index contributed by atoms with van der Waals surface area (Å²) in [5.74, 6) is 3.72. The van der Waals surface area contributed by atoms with Gasteiger partial charge in [0.25, 0.3) is 0 Å². The van der Waals surface area contributed by atoms with Gasteiger partial charge in [-0.3, -0.25) is 0 Å². The van der Waals surface area contributed by atoms with E-state index in [-0.39, 0.29) is 0 Å². The van der Waals surface area contributed by atoms with Crippen molar-refractivity contribution in [2.24, 2.45) is 14.1 Å². The molecule has 7 rings (SSSR count). The Hall–Kier alpha value is -5.50. The molecule has 0 spiro atoms. The summed E-state index contributed by atoms with van der Waals surface area (Å²) in [7, 11) is 4.00. The zero-order valence-corrected chi connectivity index (χ0v) is 34.0. The normalized spacial score (nSPS) is 12.4. The molecule has 2 aromatic heterocycles. The first-order chi connectivity index (χ1) is 27.4. The minimum Gasteiger partial charge on any atom is -0.493 e. The summed E-state index contributed by atoms with van der Waals surface area (Å²) in [6.45, 7) is 11.1. The predicted octanol–water partition coefficient (Wildman–Crippen LogP) is 8.35. The predicted molar refractivity (Wildman–Crippen MR) is 219 cm³/mol. The van der Waals surface area contributed by atoms with Crippen LogP contribution in [0.5, 0.6) is 23.0 Å². The molecule has 0 unspecified atom stereocenters. The minimum atomic E-state index is 0.622. The summed E-state index contributed by atoms with van der Waals surface area (Å²) in [6.07, 6.45) is 21.2. The van der Waals surface area contributed by atoms with E-state index in [1.807, 2.05) is 35.6 Å². The third-order valence-electron chi connectivity index (χ3n) is 10.1. The maximum Gasteiger partial charge on any atom is 0.243 e. The average Bonchev–Trinajstić information content (AvgIpc) is 3.84. The van der Waals surface area contributed by atoms with Gasteiger partial charge in [-0.2, -0.15) is 0 Å². The van der Waals surface area contributed by atoms with E-state index in [1.165, 1.54) is 0 Å². The van der Waals surface area contributed by atoms with Crippen LogP contribution in [0.1, 0.15) is 97.9 Å². The monoisotopic (exact) mass is 752 g/mol. The highest BCUT2D eigenvalue weighted by Gasteiger charge is 2.23. The summed E-state index contributed by atoms with van der Waals surface area (Å²) in [6, 6.07) is 22.2. The number of aromatic nitrogens is 4. The van der Waals surface area contributed by atoms with Crippen LogP contribution in [0.15, 0.2) is 85.5 Å². The molecule has 0 N–H and O–H groups in total. The highest BCUT2D eigenvalue weighted by atomic mass is 16.5. The van der Waals surface area contributed by atoms with Gasteiger partial charge in [0, 0.05) is 50.5 Å². The van der Waals surface area contributed by atoms with E-state index in [0.29, 0.717) is 52.1 Å². The average molecular weight is 753 g/mol. The second-order valence-corrected chi connectivity index (χ2v) is 14.9. The Morgan fingerprint density at radius 3 is 1.00 bits per heavy atom. The second kappa shape index (κ2) is 18.0. The fraction of sp³-hybridized carbons (Fsp3) is 0.375. The number of para-hydroxylation sites is 2. The van der Waals surface area contributed by atoms with Gasteiger partial charge >= 0.3 is 0 Å². The zero-order valence-electron chi connectivity index (χ0n) is 34.0. The maximum atomic E-state index is 6.76. The first-order valence-electron chi connectivity index (χ1n) is 20.4. The number of hydrogen-bond acceptors (Lipinski definition) is 4. The van der Waals surface area contributed by atoms with Gasteiger partial charge in [-0.1, -0.05) is 88.4 Å². The van der Waals surface area contributed by atoms with Crippen LogP contribution in [0, 0.1) is 12.7 Å². The van der Waals surface area contributed by atoms with Gasteiger partial charge in [0.05, 0.1) is 51.9 Å². The number of hydrogen-bond donors (Lipinski definition) is 0. The molecule has 0 fully saturated rings. The number of benzene rings is 4. The summed E-state index contributed by atoms with van der Waals surface area (Å²) in [5, 5.41) is 0. The molecule has 6 aromatic rings. The van der Waals surface area contributed by atoms with Crippen molar-refractivity contribution < 1.29 is 28.1 Å². The maximum absolute atomic E-state index is 6.76. The van der Waals surface area contributed by atoms with Crippen LogP contribution < -0.4 is 28.1 Å². The van der Waals surface area contributed by atoms with E-state index in [1.54, 1.807) is 0 Å². The van der Waals surface area contributed by atoms with Crippen LogP contribution in [0.3, 0.4) is 0 Å². The van der Waals surface area contributed by atoms with Gasteiger partial charge < -0.3 is 37.2 Å². The van der Waals surface area contributed by atoms with Gasteiger partial charge in [-0.15, -0.1) is 0 Å². The van der Waals surface area contributed by atoms with Gasteiger partial charge in [0.1, 0.15) is 23.0 Å². The third-order valence-corrected chi connectivity index (χ3v) is 10.1. The van der Waals surface area contributed by atoms with E-state index in [9.17, 15) is 0 Å². The van der Waals surface area contributed by atoms with E-state index < -0.39 is 0 Å². The third kappa shape index (κ3) is 8.65. The molecule has 56 heavy (non-hydrogen) atoms. The minimum absolute atomic E-state index is 0.622. The molecule has 0 saturated heterocycles. The van der Waals surface area contributed by atoms with Crippen LogP contribution in [-0.4, -0.2) is 35.6 Å². The lowest BCUT2D eigenvalue weighted by atomic mass is 9.90. The molecule has 2 heterocycles. The first-order valence-corrected chi connectivity index (χ1v) is 20.4. The van der Waals surface area contributed by atoms with Crippen molar-refractivity contribution in [3.8, 4) is 34.4 Å². The Labute approximate surface area is 332 Å². The van der Waals surface area contributed by atoms with Gasteiger partial charge in [0.15, 0.2) is 0 Å². The standard InChI is InChI=1S/C48H56N4O4/c1-7-21-53-45-35-13-11-14-36(45)26-40-30-44(52-20-18-50(6)34-52)32-42(48(40)56-24-10-4)28-38-16-12-15-37(46(38)54-22-8-2)27-41-31-43(51-19-17-49(5)33-51)29-39(25-35)47(41)55-23-9-3/h11-20,29-32H,7-10,21-28H2,1-6H3. The van der Waals surface area contributed by atoms with Crippen molar-refractivity contribution >= 4 is 0 Å². The van der Waals surface area contributed by atoms with E-state index in [4.69, 9.17) is 18.9 Å². The van der Waals surface area contributed by atoms with Crippen molar-refractivity contribution in [3.05, 3.63) is 143 Å². The molecule has 0 radical (unpaired) electrons. The smallest absolute Gasteiger partial charge is 0.243 e. The van der Waals surface area contributed by atoms with Crippen LogP contribution in [0.4, 0.5) is 0 Å². The lowest BCUT2D eigenvalue weighted by Gasteiger charge is -2.24. The molecule has 292 valence electrons. The van der Waals surface area contributed by atoms with Crippen LogP contribution in [0.25, 0.3) is 11.4 Å². The molecule has 0 aliphatic heterocycles. The lowest BCUT2D eigenvalue weighted by Crippen LogP contribution is -2.24. The number of rotatable bonds is 14. The Bertz CT molecular complexity index is 2020. The second-order valence-electron chi connectivity index (χ2n) is 14.9. The number of imidazole rings is 2. The zero-order chi connectivity index (χ0) is 39.0. The van der Waals surface area contributed by atoms with Gasteiger partial charge in [0.2, 0.25) is 12.7 Å². The summed E-state index contributed by atoms with van der Waals surface area (Å²) >= 11 is 0. The molecule has 4 aromatic carbocycles. The molecule has 0 atom stereocenters. The first kappa shape index (κ1) is 38.8. The molecule has 0 saturated carbocycles. The topological polar surface area (TPSA) is 54.5 Å². The molecule has 8 bridgehead atoms. The highest BCUT2D eigenvalue weighted by molar-refractivity contribution is 5.60. The summed E-state index contributed by atoms with van der Waals surface area (Å²) in [5.41, 5.74) is 11.0.